The topological polar surface area (TPSA) is 29.9 Å². The fourth-order valence-corrected chi connectivity index (χ4v) is 2.23. The van der Waals surface area contributed by atoms with E-state index in [1.54, 1.807) is 0 Å². The van der Waals surface area contributed by atoms with E-state index in [9.17, 15) is 0 Å². The molecule has 0 fully saturated rings. The molecule has 3 nitrogen and oxygen atoms in total. The van der Waals surface area contributed by atoms with Crippen LogP contribution in [0, 0.1) is 6.92 Å². The molecule has 0 saturated carbocycles. The van der Waals surface area contributed by atoms with Crippen LogP contribution in [-0.4, -0.2) is 15.6 Å². The van der Waals surface area contributed by atoms with Gasteiger partial charge in [0, 0.05) is 31.0 Å². The highest BCUT2D eigenvalue weighted by atomic mass is 15.1. The number of nitrogens with one attached hydrogen (secondary N) is 1. The summed E-state index contributed by atoms with van der Waals surface area (Å²) in [6.45, 7) is 7.48. The quantitative estimate of drug-likeness (QED) is 0.875. The van der Waals surface area contributed by atoms with Gasteiger partial charge >= 0.3 is 0 Å². The molecule has 0 spiro atoms. The van der Waals surface area contributed by atoms with E-state index >= 15 is 0 Å². The van der Waals surface area contributed by atoms with Crippen LogP contribution >= 0.6 is 0 Å². The minimum atomic E-state index is 0.364. The highest BCUT2D eigenvalue weighted by Gasteiger charge is 2.09. The lowest BCUT2D eigenvalue weighted by Crippen LogP contribution is -2.32. The summed E-state index contributed by atoms with van der Waals surface area (Å²) in [5.74, 6) is 0. The minimum absolute atomic E-state index is 0.364. The summed E-state index contributed by atoms with van der Waals surface area (Å²) in [6, 6.07) is 9.43. The Kier molecular flexibility index (Phi) is 4.15. The summed E-state index contributed by atoms with van der Waals surface area (Å²) in [4.78, 5) is 4.06. The van der Waals surface area contributed by atoms with Gasteiger partial charge in [-0.3, -0.25) is 0 Å². The third-order valence-electron chi connectivity index (χ3n) is 3.12. The van der Waals surface area contributed by atoms with Crippen LogP contribution in [0.3, 0.4) is 0 Å². The first-order chi connectivity index (χ1) is 8.65. The lowest BCUT2D eigenvalue weighted by atomic mass is 10.1. The molecule has 0 radical (unpaired) electrons. The summed E-state index contributed by atoms with van der Waals surface area (Å²) < 4.78 is 2.10. The van der Waals surface area contributed by atoms with Gasteiger partial charge in [-0.25, -0.2) is 4.98 Å². The first-order valence-electron chi connectivity index (χ1n) is 6.43. The Hall–Kier alpha value is -1.61. The largest absolute Gasteiger partial charge is 0.336 e. The maximum absolute atomic E-state index is 4.06. The van der Waals surface area contributed by atoms with E-state index in [4.69, 9.17) is 0 Å². The average Bonchev–Trinajstić information content (AvgIpc) is 2.81. The lowest BCUT2D eigenvalue weighted by Gasteiger charge is -2.21. The van der Waals surface area contributed by atoms with E-state index in [2.05, 4.69) is 59.9 Å². The SMILES string of the molecule is Cc1cccc(C(C)NC(C)Cn2ccnc2)c1. The molecule has 0 saturated heterocycles. The highest BCUT2D eigenvalue weighted by molar-refractivity contribution is 5.24. The maximum Gasteiger partial charge on any atom is 0.0946 e. The normalized spacial score (nSPS) is 14.4. The first-order valence-corrected chi connectivity index (χ1v) is 6.43. The molecule has 2 atom stereocenters. The molecule has 0 aliphatic rings. The van der Waals surface area contributed by atoms with Crippen molar-refractivity contribution in [3.05, 3.63) is 54.1 Å². The molecule has 2 aromatic rings. The number of hydrogen-bond acceptors (Lipinski definition) is 2. The lowest BCUT2D eigenvalue weighted by molar-refractivity contribution is 0.430. The molecule has 1 heterocycles. The Morgan fingerprint density at radius 3 is 2.83 bits per heavy atom. The predicted octanol–water partition coefficient (Wildman–Crippen LogP) is 2.93. The van der Waals surface area contributed by atoms with Crippen LogP contribution in [0.5, 0.6) is 0 Å². The van der Waals surface area contributed by atoms with Gasteiger partial charge in [0.05, 0.1) is 6.33 Å². The van der Waals surface area contributed by atoms with E-state index in [1.165, 1.54) is 11.1 Å². The van der Waals surface area contributed by atoms with Gasteiger partial charge < -0.3 is 9.88 Å². The molecule has 1 aromatic heterocycles. The zero-order chi connectivity index (χ0) is 13.0. The second-order valence-electron chi connectivity index (χ2n) is 4.96. The van der Waals surface area contributed by atoms with E-state index < -0.39 is 0 Å². The fourth-order valence-electron chi connectivity index (χ4n) is 2.23. The Morgan fingerprint density at radius 2 is 2.17 bits per heavy atom. The zero-order valence-corrected chi connectivity index (χ0v) is 11.3. The van der Waals surface area contributed by atoms with Gasteiger partial charge in [-0.2, -0.15) is 0 Å². The molecular formula is C15H21N3. The zero-order valence-electron chi connectivity index (χ0n) is 11.3. The number of nitrogens with zero attached hydrogens (tertiary/aromatic N) is 2. The fraction of sp³-hybridized carbons (Fsp3) is 0.400. The molecular weight excluding hydrogens is 222 g/mol. The van der Waals surface area contributed by atoms with Crippen LogP contribution in [0.2, 0.25) is 0 Å². The van der Waals surface area contributed by atoms with Crippen molar-refractivity contribution in [2.45, 2.75) is 39.4 Å². The summed E-state index contributed by atoms with van der Waals surface area (Å²) in [6.07, 6.45) is 5.67. The number of imidazole rings is 1. The van der Waals surface area contributed by atoms with Gasteiger partial charge in [0.1, 0.15) is 0 Å². The van der Waals surface area contributed by atoms with Crippen LogP contribution in [0.25, 0.3) is 0 Å². The van der Waals surface area contributed by atoms with Gasteiger partial charge in [-0.15, -0.1) is 0 Å². The number of aromatic nitrogens is 2. The van der Waals surface area contributed by atoms with Crippen molar-refractivity contribution in [2.24, 2.45) is 0 Å². The van der Waals surface area contributed by atoms with Crippen molar-refractivity contribution in [1.82, 2.24) is 14.9 Å². The summed E-state index contributed by atoms with van der Waals surface area (Å²) in [5, 5.41) is 3.61. The molecule has 1 N–H and O–H groups in total. The molecule has 0 bridgehead atoms. The molecule has 2 rings (SSSR count). The Morgan fingerprint density at radius 1 is 1.33 bits per heavy atom. The third kappa shape index (κ3) is 3.44. The summed E-state index contributed by atoms with van der Waals surface area (Å²) in [7, 11) is 0. The minimum Gasteiger partial charge on any atom is -0.336 e. The standard InChI is InChI=1S/C15H21N3/c1-12-5-4-6-15(9-12)14(3)17-13(2)10-18-8-7-16-11-18/h4-9,11,13-14,17H,10H2,1-3H3. The van der Waals surface area contributed by atoms with Gasteiger partial charge in [0.15, 0.2) is 0 Å². The smallest absolute Gasteiger partial charge is 0.0946 e. The van der Waals surface area contributed by atoms with Gasteiger partial charge in [-0.05, 0) is 26.3 Å². The van der Waals surface area contributed by atoms with Crippen molar-refractivity contribution in [2.75, 3.05) is 0 Å². The Bertz CT molecular complexity index is 476. The number of aryl methyl sites for hydroxylation is 1. The van der Waals surface area contributed by atoms with Crippen molar-refractivity contribution in [3.8, 4) is 0 Å². The predicted molar refractivity (Wildman–Crippen MR) is 74.4 cm³/mol. The number of benzene rings is 1. The van der Waals surface area contributed by atoms with Crippen molar-refractivity contribution in [3.63, 3.8) is 0 Å². The second kappa shape index (κ2) is 5.83. The highest BCUT2D eigenvalue weighted by Crippen LogP contribution is 2.14. The Balaban J connectivity index is 1.92. The monoisotopic (exact) mass is 243 g/mol. The van der Waals surface area contributed by atoms with E-state index in [0.717, 1.165) is 6.54 Å². The van der Waals surface area contributed by atoms with Crippen LogP contribution in [0.15, 0.2) is 43.0 Å². The Labute approximate surface area is 109 Å². The molecule has 1 aromatic carbocycles. The molecule has 0 aliphatic heterocycles. The van der Waals surface area contributed by atoms with Crippen molar-refractivity contribution >= 4 is 0 Å². The van der Waals surface area contributed by atoms with Gasteiger partial charge in [0.25, 0.3) is 0 Å². The molecule has 0 aliphatic carbocycles. The van der Waals surface area contributed by atoms with Crippen molar-refractivity contribution in [1.29, 1.82) is 0 Å². The molecule has 2 unspecified atom stereocenters. The second-order valence-corrected chi connectivity index (χ2v) is 4.96. The molecule has 0 amide bonds. The van der Waals surface area contributed by atoms with Crippen LogP contribution in [0.4, 0.5) is 0 Å². The first kappa shape index (κ1) is 12.8. The molecule has 18 heavy (non-hydrogen) atoms. The van der Waals surface area contributed by atoms with E-state index in [0.29, 0.717) is 12.1 Å². The van der Waals surface area contributed by atoms with Crippen molar-refractivity contribution < 1.29 is 0 Å². The van der Waals surface area contributed by atoms with E-state index in [1.807, 2.05) is 18.7 Å². The number of hydrogen-bond donors (Lipinski definition) is 1. The van der Waals surface area contributed by atoms with Gasteiger partial charge in [0.2, 0.25) is 0 Å². The van der Waals surface area contributed by atoms with Crippen LogP contribution in [-0.2, 0) is 6.54 Å². The third-order valence-corrected chi connectivity index (χ3v) is 3.12. The summed E-state index contributed by atoms with van der Waals surface area (Å²) >= 11 is 0. The average molecular weight is 243 g/mol. The van der Waals surface area contributed by atoms with Gasteiger partial charge in [-0.1, -0.05) is 29.8 Å². The molecule has 96 valence electrons. The number of rotatable bonds is 5. The van der Waals surface area contributed by atoms with Crippen LogP contribution in [0.1, 0.15) is 31.0 Å². The van der Waals surface area contributed by atoms with E-state index in [-0.39, 0.29) is 0 Å². The van der Waals surface area contributed by atoms with Crippen LogP contribution < -0.4 is 5.32 Å². The summed E-state index contributed by atoms with van der Waals surface area (Å²) in [5.41, 5.74) is 2.65. The maximum atomic E-state index is 4.06. The molecule has 3 heteroatoms.